The van der Waals surface area contributed by atoms with Crippen LogP contribution in [0.4, 0.5) is 18.9 Å². The summed E-state index contributed by atoms with van der Waals surface area (Å²) in [5, 5.41) is 3.16. The lowest BCUT2D eigenvalue weighted by atomic mass is 10.1. The molecule has 0 aliphatic heterocycles. The molecule has 0 spiro atoms. The van der Waals surface area contributed by atoms with E-state index in [1.807, 2.05) is 13.8 Å². The fraction of sp³-hybridized carbons (Fsp3) is 0.417. The Labute approximate surface area is 224 Å². The van der Waals surface area contributed by atoms with Crippen LogP contribution in [0, 0.1) is 5.92 Å². The van der Waals surface area contributed by atoms with E-state index in [4.69, 9.17) is 23.2 Å². The number of hydrogen-bond acceptors (Lipinski definition) is 4. The van der Waals surface area contributed by atoms with Gasteiger partial charge in [-0.2, -0.15) is 13.2 Å². The van der Waals surface area contributed by atoms with E-state index in [0.717, 1.165) is 29.4 Å². The van der Waals surface area contributed by atoms with Crippen molar-refractivity contribution in [3.05, 3.63) is 63.6 Å². The molecule has 0 unspecified atom stereocenters. The Balaban J connectivity index is 2.48. The van der Waals surface area contributed by atoms with Crippen molar-refractivity contribution in [2.24, 2.45) is 5.92 Å². The molecular weight excluding hydrogens is 554 g/mol. The maximum atomic E-state index is 13.5. The first kappa shape index (κ1) is 30.7. The van der Waals surface area contributed by atoms with Crippen LogP contribution >= 0.6 is 23.2 Å². The highest BCUT2D eigenvalue weighted by Crippen LogP contribution is 2.32. The molecule has 0 saturated carbocycles. The zero-order valence-electron chi connectivity index (χ0n) is 20.6. The van der Waals surface area contributed by atoms with Crippen LogP contribution in [0.15, 0.2) is 42.5 Å². The number of nitrogens with zero attached hydrogens (tertiary/aromatic N) is 2. The number of rotatable bonds is 10. The molecule has 0 aromatic heterocycles. The smallest absolute Gasteiger partial charge is 0.354 e. The Morgan fingerprint density at radius 2 is 1.59 bits per heavy atom. The van der Waals surface area contributed by atoms with Crippen LogP contribution < -0.4 is 9.62 Å². The molecular formula is C24H28Cl2F3N3O4S. The molecule has 1 atom stereocenters. The van der Waals surface area contributed by atoms with Gasteiger partial charge < -0.3 is 10.2 Å². The second kappa shape index (κ2) is 12.4. The monoisotopic (exact) mass is 581 g/mol. The summed E-state index contributed by atoms with van der Waals surface area (Å²) in [7, 11) is -4.20. The molecule has 37 heavy (non-hydrogen) atoms. The zero-order chi connectivity index (χ0) is 28.1. The van der Waals surface area contributed by atoms with Crippen LogP contribution in [0.1, 0.15) is 31.9 Å². The summed E-state index contributed by atoms with van der Waals surface area (Å²) in [5.74, 6) is -1.22. The minimum atomic E-state index is -4.72. The van der Waals surface area contributed by atoms with Crippen molar-refractivity contribution in [1.29, 1.82) is 0 Å². The van der Waals surface area contributed by atoms with Gasteiger partial charge in [-0.3, -0.25) is 13.9 Å². The number of hydrogen-bond donors (Lipinski definition) is 1. The standard InChI is InChI=1S/C24H28Cl2F3N3O4S/c1-15(2)12-30-23(34)16(3)31(13-19-20(25)9-6-10-21(19)26)22(33)14-32(37(4,35)36)18-8-5-7-17(11-18)24(27,28)29/h5-11,15-16H,12-14H2,1-4H3,(H,30,34)/t16-/m1/s1. The summed E-state index contributed by atoms with van der Waals surface area (Å²) >= 11 is 12.5. The number of carbonyl (C=O) groups is 2. The Hall–Kier alpha value is -2.50. The molecule has 1 N–H and O–H groups in total. The van der Waals surface area contributed by atoms with Crippen LogP contribution in [0.25, 0.3) is 0 Å². The summed E-state index contributed by atoms with van der Waals surface area (Å²) in [6, 6.07) is 7.23. The van der Waals surface area contributed by atoms with Gasteiger partial charge in [-0.15, -0.1) is 0 Å². The average molecular weight is 582 g/mol. The highest BCUT2D eigenvalue weighted by Gasteiger charge is 2.34. The van der Waals surface area contributed by atoms with Gasteiger partial charge in [0, 0.05) is 28.7 Å². The molecule has 0 fully saturated rings. The maximum Gasteiger partial charge on any atom is 0.416 e. The molecule has 2 amide bonds. The molecule has 7 nitrogen and oxygen atoms in total. The third kappa shape index (κ3) is 8.51. The van der Waals surface area contributed by atoms with E-state index < -0.39 is 46.2 Å². The third-order valence-corrected chi connectivity index (χ3v) is 7.23. The Morgan fingerprint density at radius 3 is 2.11 bits per heavy atom. The van der Waals surface area contributed by atoms with Crippen molar-refractivity contribution in [3.8, 4) is 0 Å². The number of alkyl halides is 3. The van der Waals surface area contributed by atoms with Gasteiger partial charge in [0.25, 0.3) is 0 Å². The fourth-order valence-corrected chi connectivity index (χ4v) is 4.70. The van der Waals surface area contributed by atoms with Crippen molar-refractivity contribution >= 4 is 50.7 Å². The van der Waals surface area contributed by atoms with Gasteiger partial charge in [-0.25, -0.2) is 8.42 Å². The SMILES string of the molecule is CC(C)CNC(=O)[C@@H](C)N(Cc1c(Cl)cccc1Cl)C(=O)CN(c1cccc(C(F)(F)F)c1)S(C)(=O)=O. The Bertz CT molecular complexity index is 1220. The largest absolute Gasteiger partial charge is 0.416 e. The van der Waals surface area contributed by atoms with Gasteiger partial charge in [-0.05, 0) is 43.2 Å². The molecule has 0 radical (unpaired) electrons. The lowest BCUT2D eigenvalue weighted by Gasteiger charge is -2.32. The van der Waals surface area contributed by atoms with Crippen molar-refractivity contribution < 1.29 is 31.2 Å². The number of sulfonamides is 1. The minimum absolute atomic E-state index is 0.125. The predicted octanol–water partition coefficient (Wildman–Crippen LogP) is 4.97. The quantitative estimate of drug-likeness (QED) is 0.429. The lowest BCUT2D eigenvalue weighted by Crippen LogP contribution is -2.51. The first-order valence-electron chi connectivity index (χ1n) is 11.2. The van der Waals surface area contributed by atoms with E-state index in [9.17, 15) is 31.2 Å². The molecule has 0 aliphatic rings. The molecule has 13 heteroatoms. The molecule has 204 valence electrons. The molecule has 0 bridgehead atoms. The molecule has 0 aliphatic carbocycles. The van der Waals surface area contributed by atoms with E-state index in [0.29, 0.717) is 22.5 Å². The van der Waals surface area contributed by atoms with Crippen LogP contribution in [-0.4, -0.2) is 50.5 Å². The highest BCUT2D eigenvalue weighted by atomic mass is 35.5. The second-order valence-corrected chi connectivity index (χ2v) is 11.6. The van der Waals surface area contributed by atoms with Gasteiger partial charge in [0.2, 0.25) is 21.8 Å². The van der Waals surface area contributed by atoms with Crippen molar-refractivity contribution in [3.63, 3.8) is 0 Å². The van der Waals surface area contributed by atoms with E-state index >= 15 is 0 Å². The lowest BCUT2D eigenvalue weighted by molar-refractivity contribution is -0.139. The molecule has 2 aromatic carbocycles. The minimum Gasteiger partial charge on any atom is -0.354 e. The fourth-order valence-electron chi connectivity index (χ4n) is 3.34. The number of anilines is 1. The average Bonchev–Trinajstić information content (AvgIpc) is 2.79. The number of nitrogens with one attached hydrogen (secondary N) is 1. The van der Waals surface area contributed by atoms with Crippen LogP contribution in [0.5, 0.6) is 0 Å². The molecule has 0 saturated heterocycles. The maximum absolute atomic E-state index is 13.5. The zero-order valence-corrected chi connectivity index (χ0v) is 23.0. The molecule has 2 rings (SSSR count). The highest BCUT2D eigenvalue weighted by molar-refractivity contribution is 7.92. The summed E-state index contributed by atoms with van der Waals surface area (Å²) in [6.45, 7) is 4.45. The van der Waals surface area contributed by atoms with E-state index in [1.54, 1.807) is 18.2 Å². The van der Waals surface area contributed by atoms with Crippen LogP contribution in [-0.2, 0) is 32.3 Å². The Morgan fingerprint density at radius 1 is 1.03 bits per heavy atom. The van der Waals surface area contributed by atoms with Crippen molar-refractivity contribution in [2.45, 2.75) is 39.5 Å². The number of benzene rings is 2. The number of amides is 2. The number of halogens is 5. The van der Waals surface area contributed by atoms with E-state index in [-0.39, 0.29) is 28.2 Å². The van der Waals surface area contributed by atoms with Crippen molar-refractivity contribution in [2.75, 3.05) is 23.7 Å². The van der Waals surface area contributed by atoms with Gasteiger partial charge in [0.1, 0.15) is 12.6 Å². The number of carbonyl (C=O) groups excluding carboxylic acids is 2. The first-order valence-corrected chi connectivity index (χ1v) is 13.8. The van der Waals surface area contributed by atoms with Crippen LogP contribution in [0.2, 0.25) is 10.0 Å². The summed E-state index contributed by atoms with van der Waals surface area (Å²) < 4.78 is 65.4. The summed E-state index contributed by atoms with van der Waals surface area (Å²) in [5.41, 5.74) is -1.10. The summed E-state index contributed by atoms with van der Waals surface area (Å²) in [6.07, 6.45) is -3.95. The van der Waals surface area contributed by atoms with Gasteiger partial charge in [0.05, 0.1) is 17.5 Å². The first-order chi connectivity index (χ1) is 17.0. The van der Waals surface area contributed by atoms with Crippen LogP contribution in [0.3, 0.4) is 0 Å². The topological polar surface area (TPSA) is 86.8 Å². The normalized spacial score (nSPS) is 12.8. The molecule has 0 heterocycles. The third-order valence-electron chi connectivity index (χ3n) is 5.38. The van der Waals surface area contributed by atoms with Gasteiger partial charge >= 0.3 is 6.18 Å². The van der Waals surface area contributed by atoms with Gasteiger partial charge in [0.15, 0.2) is 0 Å². The summed E-state index contributed by atoms with van der Waals surface area (Å²) in [4.78, 5) is 27.4. The van der Waals surface area contributed by atoms with Gasteiger partial charge in [-0.1, -0.05) is 49.2 Å². The van der Waals surface area contributed by atoms with E-state index in [1.165, 1.54) is 6.92 Å². The second-order valence-electron chi connectivity index (χ2n) is 8.85. The Kier molecular flexibility index (Phi) is 10.3. The van der Waals surface area contributed by atoms with Crippen molar-refractivity contribution in [1.82, 2.24) is 10.2 Å². The predicted molar refractivity (Wildman–Crippen MR) is 138 cm³/mol. The van der Waals surface area contributed by atoms with E-state index in [2.05, 4.69) is 5.32 Å². The molecule has 2 aromatic rings.